The summed E-state index contributed by atoms with van der Waals surface area (Å²) >= 11 is 4.40. The van der Waals surface area contributed by atoms with Gasteiger partial charge in [0.1, 0.15) is 65.9 Å². The lowest BCUT2D eigenvalue weighted by Crippen LogP contribution is -2.60. The molecule has 536 valence electrons. The Morgan fingerprint density at radius 2 is 1.31 bits per heavy atom. The summed E-state index contributed by atoms with van der Waals surface area (Å²) in [6.45, 7) is 6.00. The third-order valence-corrected chi connectivity index (χ3v) is 22.3. The van der Waals surface area contributed by atoms with Crippen molar-refractivity contribution >= 4 is 142 Å². The number of aromatic amines is 2. The minimum atomic E-state index is -1.35. The van der Waals surface area contributed by atoms with E-state index >= 15 is 23.6 Å². The van der Waals surface area contributed by atoms with Gasteiger partial charge in [0.25, 0.3) is 5.91 Å². The SMILES string of the molecule is CC[C@@H]1NC(=O)[C@@H]2CCCN2C(=O)[C@H](Cc2c[nH]c3ccc(P)cc23)NC(=O)[C@@H](Cc2c[nH]c3ccc(C)cc23)N(I)C(=O)[C@@H](C)NC(=O)[C@H](CCCCNC)NC(=O)CCSCc2cc(F)cc(c2)CSC[C@@H](C(N)=O)NC(=O)C2CCCN2C(=O)[C@H](Cc2ccc(O)cc2)N(C)C1=O. The van der Waals surface area contributed by atoms with Gasteiger partial charge in [0, 0.05) is 103 Å². The van der Waals surface area contributed by atoms with Gasteiger partial charge in [-0.2, -0.15) is 23.5 Å². The molecule has 2 bridgehead atoms. The zero-order valence-corrected chi connectivity index (χ0v) is 61.8. The van der Waals surface area contributed by atoms with E-state index in [0.29, 0.717) is 71.6 Å². The van der Waals surface area contributed by atoms with Gasteiger partial charge in [-0.3, -0.25) is 51.1 Å². The van der Waals surface area contributed by atoms with Gasteiger partial charge >= 0.3 is 0 Å². The first-order valence-electron chi connectivity index (χ1n) is 33.9. The number of phenols is 1. The summed E-state index contributed by atoms with van der Waals surface area (Å²) in [4.78, 5) is 157. The number of aryl methyl sites for hydroxylation is 1. The number of thioether (sulfide) groups is 2. The molecule has 0 saturated carbocycles. The van der Waals surface area contributed by atoms with E-state index in [1.54, 1.807) is 54.3 Å². The fraction of sp³-hybridized carbons (Fsp3) is 0.465. The van der Waals surface area contributed by atoms with E-state index in [9.17, 15) is 33.9 Å². The Hall–Kier alpha value is -7.79. The molecule has 2 unspecified atom stereocenters. The zero-order valence-electron chi connectivity index (χ0n) is 56.8. The molecule has 3 aliphatic heterocycles. The van der Waals surface area contributed by atoms with Crippen LogP contribution < -0.4 is 42.9 Å². The monoisotopic (exact) mass is 1540 g/mol. The summed E-state index contributed by atoms with van der Waals surface area (Å²) in [6, 6.07) is 11.3. The van der Waals surface area contributed by atoms with Crippen LogP contribution in [-0.4, -0.2) is 192 Å². The van der Waals surface area contributed by atoms with Gasteiger partial charge in [0.05, 0.1) is 22.9 Å². The highest BCUT2D eigenvalue weighted by molar-refractivity contribution is 14.1. The van der Waals surface area contributed by atoms with Crippen LogP contribution in [0.25, 0.3) is 21.8 Å². The van der Waals surface area contributed by atoms with E-state index in [1.807, 2.05) is 56.4 Å². The molecule has 2 saturated heterocycles. The van der Waals surface area contributed by atoms with Crippen molar-refractivity contribution in [3.8, 4) is 5.75 Å². The number of rotatable bonds is 13. The molecular formula is C71H90FIN13O11PS2. The predicted molar refractivity (Wildman–Crippen MR) is 397 cm³/mol. The second-order valence-electron chi connectivity index (χ2n) is 26.0. The van der Waals surface area contributed by atoms with Crippen LogP contribution >= 0.6 is 55.6 Å². The molecule has 6 aromatic rings. The van der Waals surface area contributed by atoms with Crippen LogP contribution in [-0.2, 0) is 78.7 Å². The van der Waals surface area contributed by atoms with Crippen LogP contribution in [0.15, 0.2) is 91.3 Å². The van der Waals surface area contributed by atoms with Crippen molar-refractivity contribution in [2.45, 2.75) is 164 Å². The molecule has 3 aliphatic rings. The number of halogens is 2. The van der Waals surface area contributed by atoms with E-state index in [4.69, 9.17) is 5.73 Å². The Balaban J connectivity index is 1.05. The van der Waals surface area contributed by atoms with Crippen LogP contribution in [0, 0.1) is 12.7 Å². The quantitative estimate of drug-likeness (QED) is 0.0316. The molecule has 0 radical (unpaired) electrons. The van der Waals surface area contributed by atoms with Crippen molar-refractivity contribution in [1.29, 1.82) is 0 Å². The van der Waals surface area contributed by atoms with Crippen LogP contribution in [0.5, 0.6) is 5.75 Å². The number of carbonyl (C=O) groups excluding carboxylic acids is 10. The number of carbonyl (C=O) groups is 10. The van der Waals surface area contributed by atoms with Crippen molar-refractivity contribution < 1.29 is 57.4 Å². The molecule has 2 aromatic heterocycles. The Kier molecular flexibility index (Phi) is 27.3. The molecule has 5 heterocycles. The summed E-state index contributed by atoms with van der Waals surface area (Å²) in [6.07, 6.45) is 6.03. The average molecular weight is 1540 g/mol. The molecule has 0 spiro atoms. The second-order valence-corrected chi connectivity index (χ2v) is 29.8. The normalized spacial score (nSPS) is 23.8. The number of unbranched alkanes of at least 4 members (excludes halogenated alkanes) is 1. The number of amides is 10. The number of aromatic nitrogens is 2. The highest BCUT2D eigenvalue weighted by atomic mass is 127. The lowest BCUT2D eigenvalue weighted by Gasteiger charge is -2.35. The third-order valence-electron chi connectivity index (χ3n) is 18.6. The van der Waals surface area contributed by atoms with Crippen LogP contribution in [0.4, 0.5) is 4.39 Å². The van der Waals surface area contributed by atoms with Crippen LogP contribution in [0.3, 0.4) is 0 Å². The minimum absolute atomic E-state index is 0.000712. The summed E-state index contributed by atoms with van der Waals surface area (Å²) in [5.74, 6) is -6.07. The Labute approximate surface area is 606 Å². The molecule has 29 heteroatoms. The maximum Gasteiger partial charge on any atom is 0.254 e. The van der Waals surface area contributed by atoms with E-state index in [1.165, 1.54) is 79.6 Å². The number of aromatic hydroxyl groups is 1. The molecule has 10 atom stereocenters. The number of H-pyrrole nitrogens is 2. The van der Waals surface area contributed by atoms with Gasteiger partial charge in [-0.1, -0.05) is 42.8 Å². The Morgan fingerprint density at radius 1 is 0.690 bits per heavy atom. The van der Waals surface area contributed by atoms with E-state index < -0.39 is 119 Å². The van der Waals surface area contributed by atoms with Gasteiger partial charge in [0.15, 0.2) is 0 Å². The lowest BCUT2D eigenvalue weighted by molar-refractivity contribution is -0.149. The van der Waals surface area contributed by atoms with Gasteiger partial charge < -0.3 is 67.4 Å². The van der Waals surface area contributed by atoms with E-state index in [-0.39, 0.29) is 81.7 Å². The van der Waals surface area contributed by atoms with Gasteiger partial charge in [-0.05, 0) is 160 Å². The van der Waals surface area contributed by atoms with Crippen molar-refractivity contribution in [2.24, 2.45) is 5.73 Å². The van der Waals surface area contributed by atoms with E-state index in [0.717, 1.165) is 32.7 Å². The lowest BCUT2D eigenvalue weighted by atomic mass is 10.00. The van der Waals surface area contributed by atoms with Crippen molar-refractivity contribution in [2.75, 3.05) is 45.2 Å². The topological polar surface area (TPSA) is 334 Å². The maximum absolute atomic E-state index is 15.6. The Bertz CT molecular complexity index is 3980. The fourth-order valence-electron chi connectivity index (χ4n) is 13.1. The molecule has 9 rings (SSSR count). The second kappa shape index (κ2) is 35.7. The minimum Gasteiger partial charge on any atom is -0.508 e. The summed E-state index contributed by atoms with van der Waals surface area (Å²) < 4.78 is 16.4. The average Bonchev–Trinajstić information content (AvgIpc) is 1.63. The largest absolute Gasteiger partial charge is 0.508 e. The number of primary amides is 1. The van der Waals surface area contributed by atoms with Gasteiger partial charge in [-0.25, -0.2) is 4.39 Å². The number of fused-ring (bicyclic) bond motifs is 6. The zero-order chi connectivity index (χ0) is 71.9. The van der Waals surface area contributed by atoms with Crippen molar-refractivity contribution in [3.63, 3.8) is 0 Å². The summed E-state index contributed by atoms with van der Waals surface area (Å²) in [7, 11) is 5.91. The molecule has 0 aliphatic carbocycles. The van der Waals surface area contributed by atoms with Crippen molar-refractivity contribution in [3.05, 3.63) is 130 Å². The number of hydrogen-bond acceptors (Lipinski definition) is 14. The first kappa shape index (κ1) is 76.4. The fourth-order valence-corrected chi connectivity index (χ4v) is 16.2. The van der Waals surface area contributed by atoms with Crippen LogP contribution in [0.2, 0.25) is 0 Å². The summed E-state index contributed by atoms with van der Waals surface area (Å²) in [5.41, 5.74) is 11.5. The molecule has 2 fully saturated rings. The maximum atomic E-state index is 15.6. The summed E-state index contributed by atoms with van der Waals surface area (Å²) in [5, 5.41) is 30.1. The van der Waals surface area contributed by atoms with Gasteiger partial charge in [0.2, 0.25) is 53.2 Å². The number of nitrogens with zero attached hydrogens (tertiary/aromatic N) is 4. The number of likely N-dealkylation sites (N-methyl/N-ethyl adjacent to an activating group) is 1. The van der Waals surface area contributed by atoms with Crippen LogP contribution in [0.1, 0.15) is 105 Å². The third kappa shape index (κ3) is 19.6. The predicted octanol–water partition coefficient (Wildman–Crippen LogP) is 4.99. The highest BCUT2D eigenvalue weighted by Gasteiger charge is 2.44. The highest BCUT2D eigenvalue weighted by Crippen LogP contribution is 2.30. The molecule has 4 aromatic carbocycles. The first-order valence-corrected chi connectivity index (χ1v) is 37.7. The molecule has 100 heavy (non-hydrogen) atoms. The Morgan fingerprint density at radius 3 is 1.97 bits per heavy atom. The van der Waals surface area contributed by atoms with Crippen molar-refractivity contribution in [1.82, 2.24) is 59.7 Å². The number of nitrogens with two attached hydrogens (primary N) is 1. The first-order chi connectivity index (χ1) is 47.9. The molecule has 24 nitrogen and oxygen atoms in total. The molecule has 10 amide bonds. The molecule has 11 N–H and O–H groups in total. The molecular weight excluding hydrogens is 1450 g/mol. The number of hydrogen-bond donors (Lipinski definition) is 10. The smallest absolute Gasteiger partial charge is 0.254 e. The number of benzene rings is 4. The number of phenolic OH excluding ortho intramolecular Hbond substituents is 1. The van der Waals surface area contributed by atoms with Gasteiger partial charge in [-0.15, -0.1) is 9.24 Å². The number of nitrogens with one attached hydrogen (secondary N) is 8. The van der Waals surface area contributed by atoms with E-state index in [2.05, 4.69) is 51.1 Å². The standard InChI is InChI=1S/C71H90FIN13O11PS2/c1-6-52-69(95)83(5)61(31-42-15-17-48(87)18-16-42)71(97)85-25-10-13-59(85)66(92)82-57(63(74)89)39-100-38-44-28-43(29-47(72)30-44)37-99-26-22-62(88)79-55(11-7-8-23-75-4)64(90)78-41(3)68(94)86(73)60(33-46-36-77-53-20-14-40(2)27-50(46)53)67(93)81-56(70(96)84-24-9-12-58(84)65(91)80-52)32-45-35-76-54-21-19-49(98)34-51(45)54/h14-21,27-30,34-36,41,52,55-61,75-77,87H,6-13,22-26,31-33,37-39,98H2,1-5H3,(H2,74,89)(H,78,90)(H,79,88)(H,80,91)(H,81,93)(H,82,92)/t41-,52+,55+,56+,57+,58+,59?,60-,61+/m1/s1.